The normalized spacial score (nSPS) is 10.2. The van der Waals surface area contributed by atoms with E-state index in [1.165, 1.54) is 6.07 Å². The molecule has 0 bridgehead atoms. The van der Waals surface area contributed by atoms with Crippen molar-refractivity contribution in [2.24, 2.45) is 5.73 Å². The number of amides is 2. The number of rotatable bonds is 6. The Bertz CT molecular complexity index is 732. The first-order chi connectivity index (χ1) is 11.0. The van der Waals surface area contributed by atoms with Gasteiger partial charge in [0.15, 0.2) is 0 Å². The van der Waals surface area contributed by atoms with E-state index in [1.807, 2.05) is 31.2 Å². The summed E-state index contributed by atoms with van der Waals surface area (Å²) in [6.45, 7) is 2.48. The van der Waals surface area contributed by atoms with Crippen molar-refractivity contribution < 1.29 is 9.59 Å². The zero-order valence-electron chi connectivity index (χ0n) is 12.7. The van der Waals surface area contributed by atoms with Crippen LogP contribution in [0.2, 0.25) is 5.02 Å². The van der Waals surface area contributed by atoms with Crippen LogP contribution in [0.5, 0.6) is 0 Å². The smallest absolute Gasteiger partial charge is 0.250 e. The summed E-state index contributed by atoms with van der Waals surface area (Å²) in [7, 11) is 0. The molecule has 23 heavy (non-hydrogen) atoms. The van der Waals surface area contributed by atoms with Crippen molar-refractivity contribution in [3.63, 3.8) is 0 Å². The SMILES string of the molecule is Cc1cccc(CNC(=O)CNc2ccc(Cl)cc2C(N)=O)c1. The number of primary amides is 1. The van der Waals surface area contributed by atoms with Crippen molar-refractivity contribution in [2.75, 3.05) is 11.9 Å². The van der Waals surface area contributed by atoms with Crippen LogP contribution in [0.4, 0.5) is 5.69 Å². The minimum absolute atomic E-state index is 0.0354. The predicted molar refractivity (Wildman–Crippen MR) is 91.5 cm³/mol. The highest BCUT2D eigenvalue weighted by molar-refractivity contribution is 6.31. The summed E-state index contributed by atoms with van der Waals surface area (Å²) in [5, 5.41) is 6.12. The van der Waals surface area contributed by atoms with Crippen molar-refractivity contribution in [1.82, 2.24) is 5.32 Å². The maximum atomic E-state index is 11.9. The van der Waals surface area contributed by atoms with E-state index in [1.54, 1.807) is 12.1 Å². The molecule has 2 aromatic carbocycles. The topological polar surface area (TPSA) is 84.2 Å². The number of aryl methyl sites for hydroxylation is 1. The summed E-state index contributed by atoms with van der Waals surface area (Å²) in [4.78, 5) is 23.3. The van der Waals surface area contributed by atoms with E-state index in [0.29, 0.717) is 17.3 Å². The predicted octanol–water partition coefficient (Wildman–Crippen LogP) is 2.48. The Morgan fingerprint density at radius 1 is 1.17 bits per heavy atom. The lowest BCUT2D eigenvalue weighted by molar-refractivity contribution is -0.119. The van der Waals surface area contributed by atoms with Gasteiger partial charge in [0.1, 0.15) is 0 Å². The summed E-state index contributed by atoms with van der Waals surface area (Å²) in [6, 6.07) is 12.6. The molecule has 0 saturated heterocycles. The number of anilines is 1. The van der Waals surface area contributed by atoms with Crippen LogP contribution in [0.25, 0.3) is 0 Å². The Balaban J connectivity index is 1.91. The zero-order valence-corrected chi connectivity index (χ0v) is 13.5. The molecule has 2 aromatic rings. The fourth-order valence-electron chi connectivity index (χ4n) is 2.14. The fraction of sp³-hybridized carbons (Fsp3) is 0.176. The molecule has 0 spiro atoms. The Morgan fingerprint density at radius 3 is 2.65 bits per heavy atom. The molecular weight excluding hydrogens is 314 g/mol. The highest BCUT2D eigenvalue weighted by Gasteiger charge is 2.10. The van der Waals surface area contributed by atoms with Crippen LogP contribution in [0, 0.1) is 6.92 Å². The van der Waals surface area contributed by atoms with Gasteiger partial charge in [-0.3, -0.25) is 9.59 Å². The molecule has 4 N–H and O–H groups in total. The second-order valence-electron chi connectivity index (χ2n) is 5.17. The van der Waals surface area contributed by atoms with E-state index in [4.69, 9.17) is 17.3 Å². The summed E-state index contributed by atoms with van der Waals surface area (Å²) in [6.07, 6.45) is 0. The van der Waals surface area contributed by atoms with Crippen molar-refractivity contribution in [1.29, 1.82) is 0 Å². The lowest BCUT2D eigenvalue weighted by atomic mass is 10.1. The number of carbonyl (C=O) groups is 2. The lowest BCUT2D eigenvalue weighted by Crippen LogP contribution is -2.30. The second-order valence-corrected chi connectivity index (χ2v) is 5.61. The largest absolute Gasteiger partial charge is 0.376 e. The highest BCUT2D eigenvalue weighted by atomic mass is 35.5. The molecule has 0 atom stereocenters. The number of hydrogen-bond acceptors (Lipinski definition) is 3. The summed E-state index contributed by atoms with van der Waals surface area (Å²) >= 11 is 5.84. The van der Waals surface area contributed by atoms with Crippen LogP contribution in [0.15, 0.2) is 42.5 Å². The molecule has 0 radical (unpaired) electrons. The van der Waals surface area contributed by atoms with Gasteiger partial charge in [-0.1, -0.05) is 41.4 Å². The Kier molecular flexibility index (Phi) is 5.60. The minimum Gasteiger partial charge on any atom is -0.376 e. The monoisotopic (exact) mass is 331 g/mol. The van der Waals surface area contributed by atoms with Gasteiger partial charge in [-0.25, -0.2) is 0 Å². The third-order valence-corrected chi connectivity index (χ3v) is 3.49. The van der Waals surface area contributed by atoms with E-state index in [-0.39, 0.29) is 18.0 Å². The van der Waals surface area contributed by atoms with E-state index >= 15 is 0 Å². The summed E-state index contributed by atoms with van der Waals surface area (Å²) in [5.74, 6) is -0.785. The molecule has 0 aliphatic rings. The van der Waals surface area contributed by atoms with Crippen molar-refractivity contribution in [3.05, 3.63) is 64.2 Å². The molecule has 2 amide bonds. The van der Waals surface area contributed by atoms with Gasteiger partial charge in [0.2, 0.25) is 5.91 Å². The van der Waals surface area contributed by atoms with Crippen molar-refractivity contribution >= 4 is 29.1 Å². The molecule has 0 aromatic heterocycles. The molecule has 0 aliphatic carbocycles. The first-order valence-corrected chi connectivity index (χ1v) is 7.49. The Labute approximate surface area is 139 Å². The van der Waals surface area contributed by atoms with Gasteiger partial charge < -0.3 is 16.4 Å². The van der Waals surface area contributed by atoms with Gasteiger partial charge in [-0.2, -0.15) is 0 Å². The summed E-state index contributed by atoms with van der Waals surface area (Å²) < 4.78 is 0. The molecule has 0 saturated carbocycles. The number of nitrogens with one attached hydrogen (secondary N) is 2. The van der Waals surface area contributed by atoms with E-state index in [0.717, 1.165) is 11.1 Å². The average molecular weight is 332 g/mol. The first kappa shape index (κ1) is 16.8. The van der Waals surface area contributed by atoms with Gasteiger partial charge in [0.05, 0.1) is 12.1 Å². The molecule has 5 nitrogen and oxygen atoms in total. The van der Waals surface area contributed by atoms with E-state index in [9.17, 15) is 9.59 Å². The molecular formula is C17H18ClN3O2. The Morgan fingerprint density at radius 2 is 1.96 bits per heavy atom. The van der Waals surface area contributed by atoms with Gasteiger partial charge >= 0.3 is 0 Å². The molecule has 0 aliphatic heterocycles. The number of hydrogen-bond donors (Lipinski definition) is 3. The highest BCUT2D eigenvalue weighted by Crippen LogP contribution is 2.20. The lowest BCUT2D eigenvalue weighted by Gasteiger charge is -2.11. The quantitative estimate of drug-likeness (QED) is 0.760. The van der Waals surface area contributed by atoms with Crippen LogP contribution >= 0.6 is 11.6 Å². The standard InChI is InChI=1S/C17H18ClN3O2/c1-11-3-2-4-12(7-11)9-21-16(22)10-20-15-6-5-13(18)8-14(15)17(19)23/h2-8,20H,9-10H2,1H3,(H2,19,23)(H,21,22). The maximum Gasteiger partial charge on any atom is 0.250 e. The zero-order chi connectivity index (χ0) is 16.8. The molecule has 120 valence electrons. The maximum absolute atomic E-state index is 11.9. The van der Waals surface area contributed by atoms with Crippen LogP contribution in [-0.4, -0.2) is 18.4 Å². The van der Waals surface area contributed by atoms with Gasteiger partial charge in [-0.15, -0.1) is 0 Å². The number of benzene rings is 2. The Hall–Kier alpha value is -2.53. The second kappa shape index (κ2) is 7.65. The molecule has 6 heteroatoms. The first-order valence-electron chi connectivity index (χ1n) is 7.11. The third-order valence-electron chi connectivity index (χ3n) is 3.26. The fourth-order valence-corrected chi connectivity index (χ4v) is 2.31. The van der Waals surface area contributed by atoms with Crippen LogP contribution in [-0.2, 0) is 11.3 Å². The summed E-state index contributed by atoms with van der Waals surface area (Å²) in [5.41, 5.74) is 8.20. The van der Waals surface area contributed by atoms with E-state index in [2.05, 4.69) is 10.6 Å². The minimum atomic E-state index is -0.602. The van der Waals surface area contributed by atoms with Crippen molar-refractivity contribution in [2.45, 2.75) is 13.5 Å². The molecule has 0 fully saturated rings. The number of halogens is 1. The number of carbonyl (C=O) groups excluding carboxylic acids is 2. The van der Waals surface area contributed by atoms with Crippen LogP contribution in [0.1, 0.15) is 21.5 Å². The number of nitrogens with two attached hydrogens (primary N) is 1. The average Bonchev–Trinajstić information content (AvgIpc) is 2.51. The van der Waals surface area contributed by atoms with Gasteiger partial charge in [0, 0.05) is 17.3 Å². The molecule has 0 heterocycles. The third kappa shape index (κ3) is 5.00. The van der Waals surface area contributed by atoms with Crippen LogP contribution < -0.4 is 16.4 Å². The van der Waals surface area contributed by atoms with E-state index < -0.39 is 5.91 Å². The molecule has 0 unspecified atom stereocenters. The van der Waals surface area contributed by atoms with Gasteiger partial charge in [0.25, 0.3) is 5.91 Å². The van der Waals surface area contributed by atoms with Crippen LogP contribution in [0.3, 0.4) is 0 Å². The van der Waals surface area contributed by atoms with Crippen molar-refractivity contribution in [3.8, 4) is 0 Å². The van der Waals surface area contributed by atoms with Gasteiger partial charge in [-0.05, 0) is 30.7 Å². The molecule has 2 rings (SSSR count).